The molecule has 0 spiro atoms. The molecule has 3 aromatic carbocycles. The highest BCUT2D eigenvalue weighted by atomic mass is 35.5. The molecule has 0 aliphatic rings. The summed E-state index contributed by atoms with van der Waals surface area (Å²) in [4.78, 5) is 39.5. The normalized spacial score (nSPS) is 12.0. The van der Waals surface area contributed by atoms with Crippen LogP contribution >= 0.6 is 11.6 Å². The zero-order chi connectivity index (χ0) is 22.8. The molecule has 1 aromatic heterocycles. The van der Waals surface area contributed by atoms with Crippen molar-refractivity contribution in [3.05, 3.63) is 110 Å². The maximum absolute atomic E-state index is 13.4. The van der Waals surface area contributed by atoms with Crippen molar-refractivity contribution < 1.29 is 4.79 Å². The van der Waals surface area contributed by atoms with E-state index >= 15 is 0 Å². The lowest BCUT2D eigenvalue weighted by Gasteiger charge is -2.17. The number of carbonyl (C=O) groups is 1. The molecule has 0 radical (unpaired) electrons. The Morgan fingerprint density at radius 3 is 2.47 bits per heavy atom. The second-order valence-electron chi connectivity index (χ2n) is 7.71. The van der Waals surface area contributed by atoms with Crippen LogP contribution in [-0.4, -0.2) is 15.0 Å². The topological polar surface area (TPSA) is 73.1 Å². The molecule has 0 saturated carbocycles. The van der Waals surface area contributed by atoms with Gasteiger partial charge in [0.1, 0.15) is 6.54 Å². The minimum absolute atomic E-state index is 0.226. The van der Waals surface area contributed by atoms with Crippen LogP contribution in [0, 0.1) is 6.92 Å². The molecule has 0 aliphatic carbocycles. The third kappa shape index (κ3) is 4.22. The van der Waals surface area contributed by atoms with Gasteiger partial charge in [0.25, 0.3) is 5.56 Å². The molecule has 0 unspecified atom stereocenters. The number of hydrogen-bond acceptors (Lipinski definition) is 3. The lowest BCUT2D eigenvalue weighted by Crippen LogP contribution is -2.42. The quantitative estimate of drug-likeness (QED) is 0.502. The van der Waals surface area contributed by atoms with Gasteiger partial charge in [-0.3, -0.25) is 14.2 Å². The lowest BCUT2D eigenvalue weighted by atomic mass is 10.1. The number of amides is 1. The molecule has 1 heterocycles. The second kappa shape index (κ2) is 8.85. The van der Waals surface area contributed by atoms with Gasteiger partial charge in [-0.15, -0.1) is 0 Å². The van der Waals surface area contributed by atoms with E-state index in [1.165, 1.54) is 4.57 Å². The van der Waals surface area contributed by atoms with Crippen molar-refractivity contribution in [2.45, 2.75) is 26.4 Å². The summed E-state index contributed by atoms with van der Waals surface area (Å²) in [5, 5.41) is 3.68. The highest BCUT2D eigenvalue weighted by molar-refractivity contribution is 6.30. The van der Waals surface area contributed by atoms with Crippen LogP contribution in [0.3, 0.4) is 0 Å². The number of nitrogens with one attached hydrogen (secondary N) is 1. The Balaban J connectivity index is 1.81. The number of hydrogen-bond donors (Lipinski definition) is 1. The van der Waals surface area contributed by atoms with Gasteiger partial charge < -0.3 is 5.32 Å². The highest BCUT2D eigenvalue weighted by Gasteiger charge is 2.18. The SMILES string of the molecule is Cc1ccc2c(c1)c(=O)n(-c1cccc(Cl)c1)c(=O)n2CC(=O)N[C@H](C)c1ccccc1. The van der Waals surface area contributed by atoms with E-state index in [9.17, 15) is 14.4 Å². The Kier molecular flexibility index (Phi) is 5.97. The molecule has 1 atom stereocenters. The molecule has 6 nitrogen and oxygen atoms in total. The van der Waals surface area contributed by atoms with Crippen molar-refractivity contribution in [1.29, 1.82) is 0 Å². The summed E-state index contributed by atoms with van der Waals surface area (Å²) in [6, 6.07) is 21.1. The largest absolute Gasteiger partial charge is 0.348 e. The van der Waals surface area contributed by atoms with Crippen LogP contribution in [0.15, 0.2) is 82.4 Å². The predicted molar refractivity (Wildman–Crippen MR) is 127 cm³/mol. The summed E-state index contributed by atoms with van der Waals surface area (Å²) in [6.07, 6.45) is 0. The van der Waals surface area contributed by atoms with E-state index in [2.05, 4.69) is 5.32 Å². The van der Waals surface area contributed by atoms with E-state index in [0.29, 0.717) is 21.6 Å². The van der Waals surface area contributed by atoms with Gasteiger partial charge in [0.05, 0.1) is 22.6 Å². The van der Waals surface area contributed by atoms with Crippen molar-refractivity contribution in [2.75, 3.05) is 0 Å². The fourth-order valence-electron chi connectivity index (χ4n) is 3.74. The number of carbonyl (C=O) groups excluding carboxylic acids is 1. The van der Waals surface area contributed by atoms with Crippen LogP contribution in [0.1, 0.15) is 24.1 Å². The molecule has 7 heteroatoms. The minimum atomic E-state index is -0.601. The monoisotopic (exact) mass is 447 g/mol. The van der Waals surface area contributed by atoms with Crippen molar-refractivity contribution in [3.8, 4) is 5.69 Å². The number of aryl methyl sites for hydroxylation is 1. The van der Waals surface area contributed by atoms with E-state index in [4.69, 9.17) is 11.6 Å². The standard InChI is InChI=1S/C25H22ClN3O3/c1-16-11-12-22-21(13-16)24(31)29(20-10-6-9-19(26)14-20)25(32)28(22)15-23(30)27-17(2)18-7-4-3-5-8-18/h3-14,17H,15H2,1-2H3,(H,27,30)/t17-/m1/s1. The predicted octanol–water partition coefficient (Wildman–Crippen LogP) is 3.99. The fraction of sp³-hybridized carbons (Fsp3) is 0.160. The zero-order valence-corrected chi connectivity index (χ0v) is 18.5. The Bertz CT molecular complexity index is 1420. The van der Waals surface area contributed by atoms with E-state index in [-0.39, 0.29) is 18.5 Å². The fourth-order valence-corrected chi connectivity index (χ4v) is 3.92. The molecule has 1 amide bonds. The van der Waals surface area contributed by atoms with E-state index in [1.54, 1.807) is 36.4 Å². The van der Waals surface area contributed by atoms with E-state index in [0.717, 1.165) is 15.7 Å². The molecule has 0 fully saturated rings. The summed E-state index contributed by atoms with van der Waals surface area (Å²) in [5.74, 6) is -0.332. The van der Waals surface area contributed by atoms with Crippen LogP contribution in [0.5, 0.6) is 0 Å². The summed E-state index contributed by atoms with van der Waals surface area (Å²) >= 11 is 6.09. The van der Waals surface area contributed by atoms with Crippen molar-refractivity contribution in [1.82, 2.24) is 14.5 Å². The van der Waals surface area contributed by atoms with Gasteiger partial charge in [-0.05, 0) is 49.7 Å². The van der Waals surface area contributed by atoms with Gasteiger partial charge in [0.15, 0.2) is 0 Å². The van der Waals surface area contributed by atoms with Gasteiger partial charge in [-0.1, -0.05) is 59.6 Å². The maximum atomic E-state index is 13.4. The molecule has 32 heavy (non-hydrogen) atoms. The third-order valence-corrected chi connectivity index (χ3v) is 5.58. The van der Waals surface area contributed by atoms with Gasteiger partial charge in [0.2, 0.25) is 5.91 Å². The van der Waals surface area contributed by atoms with Gasteiger partial charge in [-0.25, -0.2) is 9.36 Å². The van der Waals surface area contributed by atoms with Crippen LogP contribution in [-0.2, 0) is 11.3 Å². The Hall–Kier alpha value is -3.64. The summed E-state index contributed by atoms with van der Waals surface area (Å²) in [5.41, 5.74) is 1.53. The smallest absolute Gasteiger partial charge is 0.336 e. The number of fused-ring (bicyclic) bond motifs is 1. The summed E-state index contributed by atoms with van der Waals surface area (Å²) in [7, 11) is 0. The first-order valence-corrected chi connectivity index (χ1v) is 10.6. The Labute approximate surface area is 189 Å². The number of benzene rings is 3. The molecule has 1 N–H and O–H groups in total. The molecule has 4 aromatic rings. The molecule has 0 saturated heterocycles. The highest BCUT2D eigenvalue weighted by Crippen LogP contribution is 2.16. The molecular formula is C25H22ClN3O3. The maximum Gasteiger partial charge on any atom is 0.336 e. The first-order chi connectivity index (χ1) is 15.3. The van der Waals surface area contributed by atoms with Gasteiger partial charge in [-0.2, -0.15) is 0 Å². The van der Waals surface area contributed by atoms with E-state index in [1.807, 2.05) is 50.2 Å². The first kappa shape index (κ1) is 21.6. The minimum Gasteiger partial charge on any atom is -0.348 e. The summed E-state index contributed by atoms with van der Waals surface area (Å²) in [6.45, 7) is 3.52. The lowest BCUT2D eigenvalue weighted by molar-refractivity contribution is -0.122. The van der Waals surface area contributed by atoms with Crippen LogP contribution in [0.4, 0.5) is 0 Å². The Morgan fingerprint density at radius 1 is 1.00 bits per heavy atom. The first-order valence-electron chi connectivity index (χ1n) is 10.2. The molecule has 0 bridgehead atoms. The Morgan fingerprint density at radius 2 is 1.75 bits per heavy atom. The van der Waals surface area contributed by atoms with Crippen LogP contribution in [0.2, 0.25) is 5.02 Å². The molecule has 162 valence electrons. The zero-order valence-electron chi connectivity index (χ0n) is 17.7. The number of aromatic nitrogens is 2. The number of halogens is 1. The van der Waals surface area contributed by atoms with Crippen molar-refractivity contribution >= 4 is 28.4 Å². The van der Waals surface area contributed by atoms with E-state index < -0.39 is 11.2 Å². The van der Waals surface area contributed by atoms with Crippen LogP contribution in [0.25, 0.3) is 16.6 Å². The average molecular weight is 448 g/mol. The number of nitrogens with zero attached hydrogens (tertiary/aromatic N) is 2. The molecule has 4 rings (SSSR count). The van der Waals surface area contributed by atoms with Crippen molar-refractivity contribution in [3.63, 3.8) is 0 Å². The third-order valence-electron chi connectivity index (χ3n) is 5.34. The van der Waals surface area contributed by atoms with Gasteiger partial charge >= 0.3 is 5.69 Å². The van der Waals surface area contributed by atoms with Crippen LogP contribution < -0.4 is 16.6 Å². The van der Waals surface area contributed by atoms with Crippen molar-refractivity contribution in [2.24, 2.45) is 0 Å². The molecule has 0 aliphatic heterocycles. The van der Waals surface area contributed by atoms with Gasteiger partial charge in [0, 0.05) is 5.02 Å². The average Bonchev–Trinajstić information content (AvgIpc) is 2.77. The molecular weight excluding hydrogens is 426 g/mol. The number of rotatable bonds is 5. The summed E-state index contributed by atoms with van der Waals surface area (Å²) < 4.78 is 2.38. The second-order valence-corrected chi connectivity index (χ2v) is 8.15.